The Labute approximate surface area is 117 Å². The van der Waals surface area contributed by atoms with Crippen LogP contribution in [0.5, 0.6) is 0 Å². The Morgan fingerprint density at radius 3 is 2.74 bits per heavy atom. The van der Waals surface area contributed by atoms with Crippen molar-refractivity contribution in [3.05, 3.63) is 24.0 Å². The second-order valence-electron chi connectivity index (χ2n) is 6.31. The lowest BCUT2D eigenvalue weighted by atomic mass is 9.97. The van der Waals surface area contributed by atoms with Crippen molar-refractivity contribution in [2.75, 3.05) is 38.6 Å². The molecule has 2 heterocycles. The van der Waals surface area contributed by atoms with Crippen molar-refractivity contribution in [1.29, 1.82) is 0 Å². The summed E-state index contributed by atoms with van der Waals surface area (Å²) in [4.78, 5) is 9.38. The van der Waals surface area contributed by atoms with Crippen LogP contribution < -0.4 is 4.90 Å². The van der Waals surface area contributed by atoms with Crippen LogP contribution in [-0.4, -0.2) is 43.6 Å². The minimum absolute atomic E-state index is 0.511. The van der Waals surface area contributed by atoms with E-state index >= 15 is 0 Å². The second kappa shape index (κ2) is 6.38. The van der Waals surface area contributed by atoms with Gasteiger partial charge < -0.3 is 9.80 Å². The van der Waals surface area contributed by atoms with Gasteiger partial charge in [-0.1, -0.05) is 13.8 Å². The monoisotopic (exact) mass is 261 g/mol. The molecule has 0 radical (unpaired) electrons. The number of hydrogen-bond donors (Lipinski definition) is 0. The molecule has 0 saturated carbocycles. The molecule has 1 aromatic heterocycles. The van der Waals surface area contributed by atoms with Gasteiger partial charge in [-0.15, -0.1) is 0 Å². The summed E-state index contributed by atoms with van der Waals surface area (Å²) in [5.74, 6) is 1.30. The highest BCUT2D eigenvalue weighted by molar-refractivity contribution is 5.45. The first kappa shape index (κ1) is 14.3. The van der Waals surface area contributed by atoms with Gasteiger partial charge in [0.25, 0.3) is 0 Å². The summed E-state index contributed by atoms with van der Waals surface area (Å²) in [6.45, 7) is 7.91. The van der Waals surface area contributed by atoms with E-state index < -0.39 is 0 Å². The third kappa shape index (κ3) is 3.93. The highest BCUT2D eigenvalue weighted by Crippen LogP contribution is 2.24. The highest BCUT2D eigenvalue weighted by Gasteiger charge is 2.20. The van der Waals surface area contributed by atoms with Crippen LogP contribution in [-0.2, 0) is 0 Å². The molecule has 106 valence electrons. The number of nitrogens with zero attached hydrogens (tertiary/aromatic N) is 3. The molecular weight excluding hydrogens is 234 g/mol. The lowest BCUT2D eigenvalue weighted by Crippen LogP contribution is -2.39. The molecule has 1 unspecified atom stereocenters. The van der Waals surface area contributed by atoms with Crippen LogP contribution in [0.3, 0.4) is 0 Å². The van der Waals surface area contributed by atoms with E-state index in [9.17, 15) is 0 Å². The van der Waals surface area contributed by atoms with E-state index in [4.69, 9.17) is 0 Å². The number of aromatic nitrogens is 1. The number of hydrogen-bond acceptors (Lipinski definition) is 3. The van der Waals surface area contributed by atoms with Gasteiger partial charge >= 0.3 is 0 Å². The van der Waals surface area contributed by atoms with Gasteiger partial charge in [0.15, 0.2) is 0 Å². The normalized spacial score (nSPS) is 20.3. The van der Waals surface area contributed by atoms with Gasteiger partial charge in [0.2, 0.25) is 0 Å². The fourth-order valence-corrected chi connectivity index (χ4v) is 2.89. The molecule has 0 aliphatic carbocycles. The molecular formula is C16H27N3. The molecule has 1 saturated heterocycles. The van der Waals surface area contributed by atoms with Crippen LogP contribution in [0.15, 0.2) is 18.3 Å². The average Bonchev–Trinajstić information content (AvgIpc) is 2.38. The van der Waals surface area contributed by atoms with Crippen LogP contribution in [0.1, 0.15) is 38.3 Å². The highest BCUT2D eigenvalue weighted by atomic mass is 15.2. The Morgan fingerprint density at radius 2 is 2.16 bits per heavy atom. The molecule has 1 aliphatic heterocycles. The van der Waals surface area contributed by atoms with E-state index in [-0.39, 0.29) is 0 Å². The first-order valence-electron chi connectivity index (χ1n) is 7.42. The molecule has 1 aliphatic rings. The maximum absolute atomic E-state index is 4.59. The molecule has 1 aromatic rings. The first-order chi connectivity index (χ1) is 9.06. The number of piperidine rings is 1. The Balaban J connectivity index is 2.00. The van der Waals surface area contributed by atoms with Crippen molar-refractivity contribution in [1.82, 2.24) is 9.88 Å². The van der Waals surface area contributed by atoms with Gasteiger partial charge in [0, 0.05) is 25.3 Å². The van der Waals surface area contributed by atoms with Crippen molar-refractivity contribution < 1.29 is 0 Å². The van der Waals surface area contributed by atoms with Crippen molar-refractivity contribution in [3.63, 3.8) is 0 Å². The van der Waals surface area contributed by atoms with E-state index in [1.807, 2.05) is 6.20 Å². The third-order valence-electron chi connectivity index (χ3n) is 3.87. The van der Waals surface area contributed by atoms with E-state index in [1.54, 1.807) is 0 Å². The zero-order valence-electron chi connectivity index (χ0n) is 12.8. The van der Waals surface area contributed by atoms with Crippen molar-refractivity contribution in [2.24, 2.45) is 5.92 Å². The first-order valence-corrected chi connectivity index (χ1v) is 7.42. The van der Waals surface area contributed by atoms with Crippen LogP contribution in [0, 0.1) is 5.92 Å². The van der Waals surface area contributed by atoms with Crippen LogP contribution in [0.2, 0.25) is 0 Å². The topological polar surface area (TPSA) is 19.4 Å². The van der Waals surface area contributed by atoms with E-state index in [0.717, 1.165) is 5.92 Å². The fraction of sp³-hybridized carbons (Fsp3) is 0.688. The van der Waals surface area contributed by atoms with Gasteiger partial charge in [-0.3, -0.25) is 4.98 Å². The predicted molar refractivity (Wildman–Crippen MR) is 81.8 cm³/mol. The molecule has 0 amide bonds. The summed E-state index contributed by atoms with van der Waals surface area (Å²) in [5, 5.41) is 0. The smallest absolute Gasteiger partial charge is 0.0553 e. The summed E-state index contributed by atoms with van der Waals surface area (Å²) >= 11 is 0. The summed E-state index contributed by atoms with van der Waals surface area (Å²) in [6, 6.07) is 4.41. The SMILES string of the molecule is CC(C)c1ccc(N2CCCC(CN(C)C)C2)cn1. The van der Waals surface area contributed by atoms with E-state index in [0.29, 0.717) is 5.92 Å². The largest absolute Gasteiger partial charge is 0.370 e. The second-order valence-corrected chi connectivity index (χ2v) is 6.31. The standard InChI is InChI=1S/C16H27N3/c1-13(2)16-8-7-15(10-17-16)19-9-5-6-14(12-19)11-18(3)4/h7-8,10,13-14H,5-6,9,11-12H2,1-4H3. The average molecular weight is 261 g/mol. The maximum atomic E-state index is 4.59. The van der Waals surface area contributed by atoms with Crippen molar-refractivity contribution >= 4 is 5.69 Å². The maximum Gasteiger partial charge on any atom is 0.0553 e. The van der Waals surface area contributed by atoms with Crippen LogP contribution in [0.25, 0.3) is 0 Å². The molecule has 1 atom stereocenters. The minimum Gasteiger partial charge on any atom is -0.370 e. The zero-order chi connectivity index (χ0) is 13.8. The Kier molecular flexibility index (Phi) is 4.81. The van der Waals surface area contributed by atoms with E-state index in [1.165, 1.54) is 43.9 Å². The summed E-state index contributed by atoms with van der Waals surface area (Å²) < 4.78 is 0. The molecule has 0 aromatic carbocycles. The van der Waals surface area contributed by atoms with Gasteiger partial charge in [-0.05, 0) is 50.9 Å². The van der Waals surface area contributed by atoms with Crippen LogP contribution in [0.4, 0.5) is 5.69 Å². The molecule has 3 heteroatoms. The van der Waals surface area contributed by atoms with Gasteiger partial charge in [-0.2, -0.15) is 0 Å². The summed E-state index contributed by atoms with van der Waals surface area (Å²) in [6.07, 6.45) is 4.70. The lowest BCUT2D eigenvalue weighted by molar-refractivity contribution is 0.292. The lowest BCUT2D eigenvalue weighted by Gasteiger charge is -2.35. The van der Waals surface area contributed by atoms with Crippen molar-refractivity contribution in [3.8, 4) is 0 Å². The Hall–Kier alpha value is -1.09. The van der Waals surface area contributed by atoms with Gasteiger partial charge in [-0.25, -0.2) is 0 Å². The summed E-state index contributed by atoms with van der Waals surface area (Å²) in [7, 11) is 4.33. The minimum atomic E-state index is 0.511. The zero-order valence-corrected chi connectivity index (χ0v) is 12.8. The van der Waals surface area contributed by atoms with Crippen LogP contribution >= 0.6 is 0 Å². The molecule has 1 fully saturated rings. The Bertz CT molecular complexity index is 383. The predicted octanol–water partition coefficient (Wildman–Crippen LogP) is 2.98. The fourth-order valence-electron chi connectivity index (χ4n) is 2.89. The molecule has 3 nitrogen and oxygen atoms in total. The Morgan fingerprint density at radius 1 is 1.37 bits per heavy atom. The third-order valence-corrected chi connectivity index (χ3v) is 3.87. The molecule has 0 bridgehead atoms. The quantitative estimate of drug-likeness (QED) is 0.830. The molecule has 2 rings (SSSR count). The van der Waals surface area contributed by atoms with Gasteiger partial charge in [0.1, 0.15) is 0 Å². The molecule has 0 N–H and O–H groups in total. The molecule has 19 heavy (non-hydrogen) atoms. The van der Waals surface area contributed by atoms with Gasteiger partial charge in [0.05, 0.1) is 11.9 Å². The number of anilines is 1. The molecule has 0 spiro atoms. The van der Waals surface area contributed by atoms with Crippen molar-refractivity contribution in [2.45, 2.75) is 32.6 Å². The van der Waals surface area contributed by atoms with E-state index in [2.05, 4.69) is 54.9 Å². The summed E-state index contributed by atoms with van der Waals surface area (Å²) in [5.41, 5.74) is 2.47. The number of rotatable bonds is 4. The number of pyridine rings is 1.